The topological polar surface area (TPSA) is 96.4 Å². The van der Waals surface area contributed by atoms with Gasteiger partial charge in [-0.05, 0) is 93.5 Å². The number of hydrogen-bond donors (Lipinski definition) is 1. The number of unbranched alkanes of at least 4 members (excludes halogenated alkanes) is 13. The molecule has 1 heterocycles. The van der Waals surface area contributed by atoms with Crippen molar-refractivity contribution >= 4 is 18.7 Å². The molecule has 3 unspecified atom stereocenters. The Kier molecular flexibility index (Phi) is 43.6. The van der Waals surface area contributed by atoms with Crippen LogP contribution in [-0.4, -0.2) is 93.7 Å². The fourth-order valence-electron chi connectivity index (χ4n) is 8.04. The Morgan fingerprint density at radius 1 is 0.576 bits per heavy atom. The minimum Gasteiger partial charge on any atom is -0.483 e. The number of piperazine rings is 1. The van der Waals surface area contributed by atoms with Gasteiger partial charge in [0.05, 0.1) is 6.61 Å². The lowest BCUT2D eigenvalue weighted by atomic mass is 9.89. The van der Waals surface area contributed by atoms with Crippen molar-refractivity contribution in [1.82, 2.24) is 9.80 Å². The molecule has 0 aromatic heterocycles. The van der Waals surface area contributed by atoms with Gasteiger partial charge in [0.1, 0.15) is 6.29 Å². The van der Waals surface area contributed by atoms with Gasteiger partial charge in [-0.15, -0.1) is 0 Å². The summed E-state index contributed by atoms with van der Waals surface area (Å²) >= 11 is 0. The van der Waals surface area contributed by atoms with Crippen LogP contribution in [0.15, 0.2) is 0 Å². The number of esters is 1. The second-order valence-electron chi connectivity index (χ2n) is 19.6. The molecule has 1 N–H and O–H groups in total. The molecule has 0 aromatic carbocycles. The summed E-state index contributed by atoms with van der Waals surface area (Å²) in [6, 6.07) is 0. The molecule has 1 aliphatic rings. The van der Waals surface area contributed by atoms with Crippen molar-refractivity contribution in [3.05, 3.63) is 0 Å². The molecule has 0 bridgehead atoms. The van der Waals surface area contributed by atoms with E-state index in [0.29, 0.717) is 30.8 Å². The first-order chi connectivity index (χ1) is 28.3. The van der Waals surface area contributed by atoms with Crippen LogP contribution in [0.2, 0.25) is 0 Å². The van der Waals surface area contributed by atoms with Crippen molar-refractivity contribution in [2.45, 2.75) is 209 Å². The number of hydrogen-bond acceptors (Lipinski definition) is 7. The van der Waals surface area contributed by atoms with Crippen LogP contribution in [-0.2, 0) is 23.9 Å². The van der Waals surface area contributed by atoms with Gasteiger partial charge in [0.2, 0.25) is 0 Å². The molecule has 3 atom stereocenters. The summed E-state index contributed by atoms with van der Waals surface area (Å²) in [5.41, 5.74) is 0. The zero-order chi connectivity index (χ0) is 44.5. The average Bonchev–Trinajstić information content (AvgIpc) is 3.18. The Morgan fingerprint density at radius 3 is 1.44 bits per heavy atom. The van der Waals surface area contributed by atoms with Crippen LogP contribution >= 0.6 is 0 Å². The van der Waals surface area contributed by atoms with Crippen LogP contribution in [0.5, 0.6) is 0 Å². The first-order valence-corrected chi connectivity index (χ1v) is 24.9. The summed E-state index contributed by atoms with van der Waals surface area (Å²) in [6.45, 7) is 25.6. The van der Waals surface area contributed by atoms with Gasteiger partial charge in [-0.3, -0.25) is 9.59 Å². The van der Waals surface area contributed by atoms with Crippen molar-refractivity contribution in [3.63, 3.8) is 0 Å². The van der Waals surface area contributed by atoms with E-state index in [1.165, 1.54) is 148 Å². The van der Waals surface area contributed by atoms with Gasteiger partial charge < -0.3 is 29.2 Å². The van der Waals surface area contributed by atoms with E-state index < -0.39 is 0 Å². The molecule has 352 valence electrons. The zero-order valence-electron chi connectivity index (χ0n) is 41.0. The summed E-state index contributed by atoms with van der Waals surface area (Å²) in [5, 5.41) is 6.89. The van der Waals surface area contributed by atoms with E-state index >= 15 is 0 Å². The lowest BCUT2D eigenvalue weighted by molar-refractivity contribution is -0.145. The maximum Gasteiger partial charge on any atom is 0.305 e. The van der Waals surface area contributed by atoms with Crippen LogP contribution in [0, 0.1) is 41.4 Å². The molecule has 0 saturated carbocycles. The predicted molar refractivity (Wildman–Crippen MR) is 252 cm³/mol. The SMILES string of the molecule is CC(C)CCC(COC(=O)CCCCCCCCCC(CCCCCCCCCC=O)CCCN1CCN(C)CC1)C(C)C.COCC(CCC(C)C)C(C)C.O=CO. The number of rotatable bonds is 36. The average molecular weight is 839 g/mol. The smallest absolute Gasteiger partial charge is 0.305 e. The molecular weight excluding hydrogens is 737 g/mol. The molecule has 0 spiro atoms. The van der Waals surface area contributed by atoms with Gasteiger partial charge in [-0.1, -0.05) is 158 Å². The number of methoxy groups -OCH3 is 1. The van der Waals surface area contributed by atoms with E-state index in [2.05, 4.69) is 72.2 Å². The highest BCUT2D eigenvalue weighted by Crippen LogP contribution is 2.25. The van der Waals surface area contributed by atoms with Crippen LogP contribution in [0.3, 0.4) is 0 Å². The number of ether oxygens (including phenoxy) is 2. The molecule has 8 nitrogen and oxygen atoms in total. The summed E-state index contributed by atoms with van der Waals surface area (Å²) in [5.74, 6) is 5.01. The summed E-state index contributed by atoms with van der Waals surface area (Å²) in [6.07, 6.45) is 30.8. The standard InChI is InChI=1S/C39H76N2O3.C11H24O.CH2O2/c1-35(2)26-27-38(36(3)4)34-44-39(43)25-19-15-11-8-10-14-18-23-37(22-17-13-9-6-7-12-16-20-33-42)24-21-28-41-31-29-40(5)30-32-41;1-9(2)6-7-11(8-12-5)10(3)4;2-1-3/h33,35-38H,6-32,34H2,1-5H3;9-11H,6-8H2,1-5H3;1H,(H,2,3). The summed E-state index contributed by atoms with van der Waals surface area (Å²) in [7, 11) is 4.04. The van der Waals surface area contributed by atoms with Crippen molar-refractivity contribution < 1.29 is 29.0 Å². The van der Waals surface area contributed by atoms with Gasteiger partial charge in [0.25, 0.3) is 6.47 Å². The van der Waals surface area contributed by atoms with E-state index in [9.17, 15) is 9.59 Å². The minimum absolute atomic E-state index is 0.00783. The third-order valence-electron chi connectivity index (χ3n) is 12.6. The van der Waals surface area contributed by atoms with Gasteiger partial charge in [0.15, 0.2) is 0 Å². The highest BCUT2D eigenvalue weighted by molar-refractivity contribution is 5.69. The molecule has 1 fully saturated rings. The van der Waals surface area contributed by atoms with Crippen molar-refractivity contribution in [2.75, 3.05) is 60.1 Å². The Balaban J connectivity index is 0. The van der Waals surface area contributed by atoms with Crippen molar-refractivity contribution in [1.29, 1.82) is 0 Å². The molecule has 0 aromatic rings. The number of carboxylic acid groups (broad SMARTS) is 1. The third-order valence-corrected chi connectivity index (χ3v) is 12.6. The zero-order valence-corrected chi connectivity index (χ0v) is 41.0. The molecule has 0 radical (unpaired) electrons. The minimum atomic E-state index is -0.250. The first kappa shape index (κ1) is 59.6. The van der Waals surface area contributed by atoms with Crippen molar-refractivity contribution in [3.8, 4) is 0 Å². The molecule has 1 aliphatic heterocycles. The molecule has 1 saturated heterocycles. The quantitative estimate of drug-likeness (QED) is 0.0379. The van der Waals surface area contributed by atoms with Crippen LogP contribution in [0.25, 0.3) is 0 Å². The molecular formula is C51H102N2O6. The Morgan fingerprint density at radius 2 is 1.00 bits per heavy atom. The fraction of sp³-hybridized carbons (Fsp3) is 0.941. The molecule has 8 heteroatoms. The maximum atomic E-state index is 12.3. The number of carbonyl (C=O) groups is 3. The number of aldehydes is 1. The maximum absolute atomic E-state index is 12.3. The number of nitrogens with zero attached hydrogens (tertiary/aromatic N) is 2. The highest BCUT2D eigenvalue weighted by Gasteiger charge is 2.18. The van der Waals surface area contributed by atoms with Crippen LogP contribution in [0.1, 0.15) is 209 Å². The van der Waals surface area contributed by atoms with Gasteiger partial charge in [0, 0.05) is 52.7 Å². The van der Waals surface area contributed by atoms with Crippen molar-refractivity contribution in [2.24, 2.45) is 41.4 Å². The Labute approximate surface area is 367 Å². The number of likely N-dealkylation sites (N-methyl/N-ethyl adjacent to an activating group) is 1. The molecule has 1 rings (SSSR count). The van der Waals surface area contributed by atoms with Gasteiger partial charge in [-0.25, -0.2) is 0 Å². The first-order valence-electron chi connectivity index (χ1n) is 24.9. The fourth-order valence-corrected chi connectivity index (χ4v) is 8.04. The lowest BCUT2D eigenvalue weighted by Crippen LogP contribution is -2.44. The van der Waals surface area contributed by atoms with Gasteiger partial charge in [-0.2, -0.15) is 0 Å². The largest absolute Gasteiger partial charge is 0.483 e. The van der Waals surface area contributed by atoms with E-state index in [0.717, 1.165) is 68.7 Å². The molecule has 0 aliphatic carbocycles. The second-order valence-corrected chi connectivity index (χ2v) is 19.6. The van der Waals surface area contributed by atoms with Crippen LogP contribution in [0.4, 0.5) is 0 Å². The molecule has 0 amide bonds. The molecule has 59 heavy (non-hydrogen) atoms. The summed E-state index contributed by atoms with van der Waals surface area (Å²) in [4.78, 5) is 36.2. The normalized spacial score (nSPS) is 15.1. The Hall–Kier alpha value is -1.51. The van der Waals surface area contributed by atoms with E-state index in [1.807, 2.05) is 0 Å². The Bertz CT molecular complexity index is 905. The summed E-state index contributed by atoms with van der Waals surface area (Å²) < 4.78 is 10.9. The van der Waals surface area contributed by atoms with Gasteiger partial charge >= 0.3 is 5.97 Å². The van der Waals surface area contributed by atoms with E-state index in [-0.39, 0.29) is 12.4 Å². The lowest BCUT2D eigenvalue weighted by Gasteiger charge is -2.32. The van der Waals surface area contributed by atoms with Crippen LogP contribution < -0.4 is 0 Å². The predicted octanol–water partition coefficient (Wildman–Crippen LogP) is 13.1. The monoisotopic (exact) mass is 839 g/mol. The third kappa shape index (κ3) is 41.6. The second kappa shape index (κ2) is 43.2. The number of carbonyl (C=O) groups excluding carboxylic acids is 2. The van der Waals surface area contributed by atoms with E-state index in [4.69, 9.17) is 19.4 Å². The van der Waals surface area contributed by atoms with E-state index in [1.54, 1.807) is 7.11 Å². The highest BCUT2D eigenvalue weighted by atomic mass is 16.5.